The molecular weight excluding hydrogens is 200 g/mol. The molecule has 0 aliphatic carbocycles. The first kappa shape index (κ1) is 12.8. The Kier molecular flexibility index (Phi) is 5.03. The Balaban J connectivity index is 2.39. The Morgan fingerprint density at radius 2 is 1.75 bits per heavy atom. The zero-order valence-corrected chi connectivity index (χ0v) is 10.3. The Morgan fingerprint density at radius 1 is 1.19 bits per heavy atom. The maximum absolute atomic E-state index is 11.3. The van der Waals surface area contributed by atoms with Gasteiger partial charge in [-0.05, 0) is 37.8 Å². The van der Waals surface area contributed by atoms with Crippen LogP contribution in [0.15, 0.2) is 24.3 Å². The number of esters is 1. The van der Waals surface area contributed by atoms with Crippen molar-refractivity contribution >= 4 is 5.97 Å². The molecule has 1 rings (SSSR count). The van der Waals surface area contributed by atoms with E-state index in [2.05, 4.69) is 31.2 Å². The van der Waals surface area contributed by atoms with Crippen molar-refractivity contribution in [2.75, 3.05) is 0 Å². The van der Waals surface area contributed by atoms with Crippen LogP contribution in [0.25, 0.3) is 0 Å². The third-order valence-electron chi connectivity index (χ3n) is 2.42. The summed E-state index contributed by atoms with van der Waals surface area (Å²) in [5, 5.41) is 0. The Labute approximate surface area is 97.6 Å². The summed E-state index contributed by atoms with van der Waals surface area (Å²) in [5.41, 5.74) is 2.52. The molecule has 0 aromatic heterocycles. The summed E-state index contributed by atoms with van der Waals surface area (Å²) in [5.74, 6) is -0.116. The van der Waals surface area contributed by atoms with Gasteiger partial charge in [0.2, 0.25) is 0 Å². The van der Waals surface area contributed by atoms with Crippen molar-refractivity contribution in [3.05, 3.63) is 35.4 Å². The standard InChI is InChI=1S/C14H20O2/c1-4-12-5-7-13(8-6-12)9-10-14(15)16-11(2)3/h5-8,11H,4,9-10H2,1-3H3. The highest BCUT2D eigenvalue weighted by Crippen LogP contribution is 2.08. The molecule has 88 valence electrons. The molecule has 0 atom stereocenters. The lowest BCUT2D eigenvalue weighted by Crippen LogP contribution is -2.11. The number of carbonyl (C=O) groups is 1. The van der Waals surface area contributed by atoms with E-state index >= 15 is 0 Å². The highest BCUT2D eigenvalue weighted by molar-refractivity contribution is 5.69. The predicted octanol–water partition coefficient (Wildman–Crippen LogP) is 3.13. The Hall–Kier alpha value is -1.31. The fraction of sp³-hybridized carbons (Fsp3) is 0.500. The molecule has 0 heterocycles. The third kappa shape index (κ3) is 4.47. The van der Waals surface area contributed by atoms with E-state index < -0.39 is 0 Å². The molecule has 0 saturated heterocycles. The first-order valence-corrected chi connectivity index (χ1v) is 5.89. The number of hydrogen-bond donors (Lipinski definition) is 0. The molecule has 0 N–H and O–H groups in total. The number of aryl methyl sites for hydroxylation is 2. The molecule has 0 unspecified atom stereocenters. The maximum Gasteiger partial charge on any atom is 0.306 e. The summed E-state index contributed by atoms with van der Waals surface area (Å²) in [6, 6.07) is 8.40. The monoisotopic (exact) mass is 220 g/mol. The zero-order valence-electron chi connectivity index (χ0n) is 10.3. The van der Waals surface area contributed by atoms with Crippen LogP contribution < -0.4 is 0 Å². The van der Waals surface area contributed by atoms with Gasteiger partial charge in [0.1, 0.15) is 0 Å². The van der Waals surface area contributed by atoms with Crippen molar-refractivity contribution in [1.29, 1.82) is 0 Å². The fourth-order valence-electron chi connectivity index (χ4n) is 1.51. The van der Waals surface area contributed by atoms with Crippen LogP contribution in [0.4, 0.5) is 0 Å². The van der Waals surface area contributed by atoms with E-state index in [1.165, 1.54) is 11.1 Å². The van der Waals surface area contributed by atoms with E-state index in [0.29, 0.717) is 6.42 Å². The van der Waals surface area contributed by atoms with Crippen LogP contribution in [0.5, 0.6) is 0 Å². The molecule has 0 bridgehead atoms. The second-order valence-corrected chi connectivity index (χ2v) is 4.21. The summed E-state index contributed by atoms with van der Waals surface area (Å²) in [4.78, 5) is 11.3. The van der Waals surface area contributed by atoms with Gasteiger partial charge < -0.3 is 4.74 Å². The molecule has 0 spiro atoms. The van der Waals surface area contributed by atoms with Crippen molar-refractivity contribution in [3.8, 4) is 0 Å². The molecule has 0 amide bonds. The van der Waals surface area contributed by atoms with E-state index in [1.807, 2.05) is 13.8 Å². The highest BCUT2D eigenvalue weighted by Gasteiger charge is 2.05. The average Bonchev–Trinajstić information content (AvgIpc) is 2.26. The maximum atomic E-state index is 11.3. The lowest BCUT2D eigenvalue weighted by atomic mass is 10.1. The second kappa shape index (κ2) is 6.31. The minimum absolute atomic E-state index is 0.0185. The summed E-state index contributed by atoms with van der Waals surface area (Å²) in [6.07, 6.45) is 2.25. The largest absolute Gasteiger partial charge is 0.463 e. The smallest absolute Gasteiger partial charge is 0.306 e. The molecule has 0 aliphatic heterocycles. The highest BCUT2D eigenvalue weighted by atomic mass is 16.5. The van der Waals surface area contributed by atoms with Crippen molar-refractivity contribution in [1.82, 2.24) is 0 Å². The van der Waals surface area contributed by atoms with E-state index in [0.717, 1.165) is 12.8 Å². The van der Waals surface area contributed by atoms with Crippen LogP contribution in [0.1, 0.15) is 38.3 Å². The molecule has 1 aromatic carbocycles. The second-order valence-electron chi connectivity index (χ2n) is 4.21. The topological polar surface area (TPSA) is 26.3 Å². The van der Waals surface area contributed by atoms with E-state index in [1.54, 1.807) is 0 Å². The van der Waals surface area contributed by atoms with Gasteiger partial charge in [-0.15, -0.1) is 0 Å². The van der Waals surface area contributed by atoms with Gasteiger partial charge in [-0.2, -0.15) is 0 Å². The molecule has 0 fully saturated rings. The molecule has 0 radical (unpaired) electrons. The lowest BCUT2D eigenvalue weighted by molar-refractivity contribution is -0.147. The van der Waals surface area contributed by atoms with Crippen LogP contribution >= 0.6 is 0 Å². The summed E-state index contributed by atoms with van der Waals surface area (Å²) >= 11 is 0. The fourth-order valence-corrected chi connectivity index (χ4v) is 1.51. The van der Waals surface area contributed by atoms with E-state index in [4.69, 9.17) is 4.74 Å². The van der Waals surface area contributed by atoms with Gasteiger partial charge in [0.05, 0.1) is 6.10 Å². The van der Waals surface area contributed by atoms with Gasteiger partial charge in [0.15, 0.2) is 0 Å². The van der Waals surface area contributed by atoms with Crippen LogP contribution in [-0.2, 0) is 22.4 Å². The molecule has 2 nitrogen and oxygen atoms in total. The number of carbonyl (C=O) groups excluding carboxylic acids is 1. The molecule has 16 heavy (non-hydrogen) atoms. The first-order valence-electron chi connectivity index (χ1n) is 5.89. The number of benzene rings is 1. The van der Waals surface area contributed by atoms with E-state index in [9.17, 15) is 4.79 Å². The van der Waals surface area contributed by atoms with Gasteiger partial charge in [0, 0.05) is 6.42 Å². The zero-order chi connectivity index (χ0) is 12.0. The van der Waals surface area contributed by atoms with Gasteiger partial charge in [0.25, 0.3) is 0 Å². The van der Waals surface area contributed by atoms with Crippen LogP contribution in [0, 0.1) is 0 Å². The van der Waals surface area contributed by atoms with Crippen LogP contribution in [0.3, 0.4) is 0 Å². The number of hydrogen-bond acceptors (Lipinski definition) is 2. The van der Waals surface area contributed by atoms with Crippen molar-refractivity contribution < 1.29 is 9.53 Å². The van der Waals surface area contributed by atoms with Crippen LogP contribution in [-0.4, -0.2) is 12.1 Å². The summed E-state index contributed by atoms with van der Waals surface area (Å²) in [6.45, 7) is 5.87. The van der Waals surface area contributed by atoms with E-state index in [-0.39, 0.29) is 12.1 Å². The number of ether oxygens (including phenoxy) is 1. The summed E-state index contributed by atoms with van der Waals surface area (Å²) < 4.78 is 5.08. The van der Waals surface area contributed by atoms with Gasteiger partial charge >= 0.3 is 5.97 Å². The lowest BCUT2D eigenvalue weighted by Gasteiger charge is -2.07. The summed E-state index contributed by atoms with van der Waals surface area (Å²) in [7, 11) is 0. The molecular formula is C14H20O2. The molecule has 0 saturated carbocycles. The van der Waals surface area contributed by atoms with Gasteiger partial charge in [-0.25, -0.2) is 0 Å². The van der Waals surface area contributed by atoms with Crippen LogP contribution in [0.2, 0.25) is 0 Å². The minimum Gasteiger partial charge on any atom is -0.463 e. The molecule has 2 heteroatoms. The number of rotatable bonds is 5. The molecule has 0 aliphatic rings. The Bertz CT molecular complexity index is 325. The Morgan fingerprint density at radius 3 is 2.25 bits per heavy atom. The van der Waals surface area contributed by atoms with Gasteiger partial charge in [-0.3, -0.25) is 4.79 Å². The minimum atomic E-state index is -0.116. The van der Waals surface area contributed by atoms with Crippen molar-refractivity contribution in [2.24, 2.45) is 0 Å². The average molecular weight is 220 g/mol. The third-order valence-corrected chi connectivity index (χ3v) is 2.42. The first-order chi connectivity index (χ1) is 7.61. The quantitative estimate of drug-likeness (QED) is 0.713. The van der Waals surface area contributed by atoms with Gasteiger partial charge in [-0.1, -0.05) is 31.2 Å². The molecule has 1 aromatic rings. The normalized spacial score (nSPS) is 10.5. The van der Waals surface area contributed by atoms with Crippen molar-refractivity contribution in [2.45, 2.75) is 46.1 Å². The van der Waals surface area contributed by atoms with Crippen molar-refractivity contribution in [3.63, 3.8) is 0 Å². The SMILES string of the molecule is CCc1ccc(CCC(=O)OC(C)C)cc1. The predicted molar refractivity (Wildman–Crippen MR) is 65.4 cm³/mol.